The molecule has 6 nitrogen and oxygen atoms in total. The van der Waals surface area contributed by atoms with Crippen molar-refractivity contribution in [3.63, 3.8) is 0 Å². The van der Waals surface area contributed by atoms with Crippen LogP contribution in [0.25, 0.3) is 0 Å². The maximum absolute atomic E-state index is 10.7. The SMILES string of the molecule is O=Cc1ccc(OCCCCCCCCCCCOc2ccc(CO)cc2O)c(O)c1. The van der Waals surface area contributed by atoms with Gasteiger partial charge in [-0.15, -0.1) is 0 Å². The number of hydrogen-bond donors (Lipinski definition) is 3. The van der Waals surface area contributed by atoms with E-state index in [0.717, 1.165) is 25.7 Å². The van der Waals surface area contributed by atoms with Gasteiger partial charge in [0.25, 0.3) is 0 Å². The van der Waals surface area contributed by atoms with Gasteiger partial charge in [-0.25, -0.2) is 0 Å². The van der Waals surface area contributed by atoms with Gasteiger partial charge in [0.2, 0.25) is 0 Å². The number of unbranched alkanes of at least 4 members (excludes halogenated alkanes) is 8. The molecule has 2 rings (SSSR count). The minimum atomic E-state index is -0.0933. The van der Waals surface area contributed by atoms with Crippen molar-refractivity contribution < 1.29 is 29.6 Å². The van der Waals surface area contributed by atoms with E-state index in [1.807, 2.05) is 0 Å². The van der Waals surface area contributed by atoms with Crippen LogP contribution in [0.3, 0.4) is 0 Å². The summed E-state index contributed by atoms with van der Waals surface area (Å²) in [6.07, 6.45) is 10.8. The zero-order valence-corrected chi connectivity index (χ0v) is 18.1. The van der Waals surface area contributed by atoms with Gasteiger partial charge in [0.1, 0.15) is 6.29 Å². The van der Waals surface area contributed by atoms with Crippen molar-refractivity contribution in [3.8, 4) is 23.0 Å². The van der Waals surface area contributed by atoms with Gasteiger partial charge in [-0.3, -0.25) is 4.79 Å². The van der Waals surface area contributed by atoms with Gasteiger partial charge in [-0.05, 0) is 48.7 Å². The number of aromatic hydroxyl groups is 2. The average molecular weight is 431 g/mol. The van der Waals surface area contributed by atoms with Crippen molar-refractivity contribution in [2.75, 3.05) is 13.2 Å². The fourth-order valence-electron chi connectivity index (χ4n) is 3.32. The molecule has 31 heavy (non-hydrogen) atoms. The van der Waals surface area contributed by atoms with Crippen LogP contribution in [-0.4, -0.2) is 34.8 Å². The van der Waals surface area contributed by atoms with Crippen LogP contribution in [-0.2, 0) is 6.61 Å². The number of aliphatic hydroxyl groups is 1. The number of phenols is 2. The maximum atomic E-state index is 10.7. The number of aliphatic hydroxyl groups excluding tert-OH is 1. The third-order valence-electron chi connectivity index (χ3n) is 5.13. The summed E-state index contributed by atoms with van der Waals surface area (Å²) in [7, 11) is 0. The summed E-state index contributed by atoms with van der Waals surface area (Å²) in [6, 6.07) is 9.63. The van der Waals surface area contributed by atoms with Gasteiger partial charge < -0.3 is 24.8 Å². The van der Waals surface area contributed by atoms with E-state index in [2.05, 4.69) is 0 Å². The summed E-state index contributed by atoms with van der Waals surface area (Å²) < 4.78 is 11.2. The predicted molar refractivity (Wildman–Crippen MR) is 120 cm³/mol. The molecule has 0 atom stereocenters. The molecule has 0 saturated heterocycles. The molecule has 0 bridgehead atoms. The zero-order valence-electron chi connectivity index (χ0n) is 18.1. The third kappa shape index (κ3) is 9.30. The second-order valence-electron chi connectivity index (χ2n) is 7.68. The van der Waals surface area contributed by atoms with E-state index in [-0.39, 0.29) is 18.1 Å². The number of benzene rings is 2. The summed E-state index contributed by atoms with van der Waals surface area (Å²) in [5.41, 5.74) is 1.10. The van der Waals surface area contributed by atoms with E-state index in [4.69, 9.17) is 14.6 Å². The molecule has 0 aromatic heterocycles. The molecule has 2 aromatic rings. The molecule has 0 fully saturated rings. The average Bonchev–Trinajstić information content (AvgIpc) is 2.78. The Morgan fingerprint density at radius 1 is 0.677 bits per heavy atom. The molecule has 0 aliphatic rings. The fraction of sp³-hybridized carbons (Fsp3) is 0.480. The fourth-order valence-corrected chi connectivity index (χ4v) is 3.32. The largest absolute Gasteiger partial charge is 0.504 e. The minimum Gasteiger partial charge on any atom is -0.504 e. The molecule has 0 spiro atoms. The van der Waals surface area contributed by atoms with Crippen LogP contribution in [0.5, 0.6) is 23.0 Å². The quantitative estimate of drug-likeness (QED) is 0.245. The number of aldehydes is 1. The van der Waals surface area contributed by atoms with Crippen LogP contribution >= 0.6 is 0 Å². The van der Waals surface area contributed by atoms with E-state index >= 15 is 0 Å². The molecule has 0 amide bonds. The molecule has 170 valence electrons. The minimum absolute atomic E-state index is 0.00593. The summed E-state index contributed by atoms with van der Waals surface area (Å²) in [5.74, 6) is 0.970. The lowest BCUT2D eigenvalue weighted by molar-refractivity contribution is 0.112. The molecule has 0 saturated carbocycles. The molecular formula is C25H34O6. The molecule has 0 aliphatic heterocycles. The van der Waals surface area contributed by atoms with Crippen molar-refractivity contribution in [1.82, 2.24) is 0 Å². The smallest absolute Gasteiger partial charge is 0.160 e. The Hall–Kier alpha value is -2.73. The van der Waals surface area contributed by atoms with Crippen LogP contribution in [0.2, 0.25) is 0 Å². The second-order valence-corrected chi connectivity index (χ2v) is 7.68. The standard InChI is InChI=1S/C25H34O6/c26-18-20-10-12-24(22(28)16-20)30-14-8-6-4-2-1-3-5-7-9-15-31-25-13-11-21(19-27)17-23(25)29/h10-13,16-18,27-29H,1-9,14-15,19H2. The first kappa shape index (κ1) is 24.5. The number of hydrogen-bond acceptors (Lipinski definition) is 6. The van der Waals surface area contributed by atoms with Crippen LogP contribution in [0.15, 0.2) is 36.4 Å². The Morgan fingerprint density at radius 2 is 1.16 bits per heavy atom. The molecule has 0 aliphatic carbocycles. The topological polar surface area (TPSA) is 96.2 Å². The van der Waals surface area contributed by atoms with Crippen molar-refractivity contribution in [2.24, 2.45) is 0 Å². The van der Waals surface area contributed by atoms with Gasteiger partial charge >= 0.3 is 0 Å². The molecule has 0 radical (unpaired) electrons. The van der Waals surface area contributed by atoms with Crippen molar-refractivity contribution >= 4 is 6.29 Å². The highest BCUT2D eigenvalue weighted by Gasteiger charge is 2.04. The Morgan fingerprint density at radius 3 is 1.61 bits per heavy atom. The van der Waals surface area contributed by atoms with E-state index in [9.17, 15) is 15.0 Å². The van der Waals surface area contributed by atoms with Gasteiger partial charge in [0.05, 0.1) is 19.8 Å². The highest BCUT2D eigenvalue weighted by Crippen LogP contribution is 2.27. The Labute approximate surface area is 184 Å². The summed E-state index contributed by atoms with van der Waals surface area (Å²) >= 11 is 0. The molecule has 2 aromatic carbocycles. The van der Waals surface area contributed by atoms with E-state index in [0.29, 0.717) is 42.1 Å². The third-order valence-corrected chi connectivity index (χ3v) is 5.13. The van der Waals surface area contributed by atoms with E-state index in [1.165, 1.54) is 44.2 Å². The van der Waals surface area contributed by atoms with Gasteiger partial charge in [0, 0.05) is 5.56 Å². The highest BCUT2D eigenvalue weighted by molar-refractivity contribution is 5.76. The maximum Gasteiger partial charge on any atom is 0.160 e. The normalized spacial score (nSPS) is 10.7. The number of ether oxygens (including phenoxy) is 2. The molecule has 0 heterocycles. The van der Waals surface area contributed by atoms with Crippen molar-refractivity contribution in [2.45, 2.75) is 64.4 Å². The molecular weight excluding hydrogens is 396 g/mol. The first-order valence-electron chi connectivity index (χ1n) is 11.1. The summed E-state index contributed by atoms with van der Waals surface area (Å²) in [6.45, 7) is 1.05. The number of carbonyl (C=O) groups excluding carboxylic acids is 1. The van der Waals surface area contributed by atoms with Crippen LogP contribution in [0, 0.1) is 0 Å². The van der Waals surface area contributed by atoms with Crippen LogP contribution in [0.1, 0.15) is 73.7 Å². The Bertz CT molecular complexity index is 790. The lowest BCUT2D eigenvalue weighted by Crippen LogP contribution is -1.98. The van der Waals surface area contributed by atoms with Gasteiger partial charge in [-0.1, -0.05) is 51.0 Å². The van der Waals surface area contributed by atoms with Crippen molar-refractivity contribution in [1.29, 1.82) is 0 Å². The highest BCUT2D eigenvalue weighted by atomic mass is 16.5. The van der Waals surface area contributed by atoms with Crippen LogP contribution in [0.4, 0.5) is 0 Å². The van der Waals surface area contributed by atoms with Crippen LogP contribution < -0.4 is 9.47 Å². The molecule has 3 N–H and O–H groups in total. The van der Waals surface area contributed by atoms with Gasteiger partial charge in [-0.2, -0.15) is 0 Å². The zero-order chi connectivity index (χ0) is 22.3. The number of rotatable bonds is 16. The molecule has 6 heteroatoms. The monoisotopic (exact) mass is 430 g/mol. The van der Waals surface area contributed by atoms with E-state index < -0.39 is 0 Å². The molecule has 0 unspecified atom stereocenters. The predicted octanol–water partition coefficient (Wildman–Crippen LogP) is 5.37. The lowest BCUT2D eigenvalue weighted by Gasteiger charge is -2.09. The number of carbonyl (C=O) groups is 1. The first-order valence-corrected chi connectivity index (χ1v) is 11.1. The van der Waals surface area contributed by atoms with Gasteiger partial charge in [0.15, 0.2) is 23.0 Å². The Kier molecular flexibility index (Phi) is 11.3. The number of phenolic OH excluding ortho intramolecular Hbond substituents is 2. The van der Waals surface area contributed by atoms with Crippen molar-refractivity contribution in [3.05, 3.63) is 47.5 Å². The van der Waals surface area contributed by atoms with E-state index in [1.54, 1.807) is 24.3 Å². The lowest BCUT2D eigenvalue weighted by atomic mass is 10.1. The first-order chi connectivity index (χ1) is 15.1. The Balaban J connectivity index is 1.40. The summed E-state index contributed by atoms with van der Waals surface area (Å²) in [5, 5.41) is 28.6. The second kappa shape index (κ2) is 14.3. The summed E-state index contributed by atoms with van der Waals surface area (Å²) in [4.78, 5) is 10.7.